The molecule has 0 aliphatic heterocycles. The number of benzene rings is 2. The van der Waals surface area contributed by atoms with Gasteiger partial charge in [-0.25, -0.2) is 4.39 Å². The van der Waals surface area contributed by atoms with E-state index in [1.807, 2.05) is 22.9 Å². The summed E-state index contributed by atoms with van der Waals surface area (Å²) in [6.07, 6.45) is -4.13. The van der Waals surface area contributed by atoms with Crippen molar-refractivity contribution >= 4 is 11.8 Å². The highest BCUT2D eigenvalue weighted by Gasteiger charge is 2.38. The lowest BCUT2D eigenvalue weighted by Crippen LogP contribution is -2.47. The molecule has 12 heteroatoms. The average Bonchev–Trinajstić information content (AvgIpc) is 3.41. The molecule has 0 radical (unpaired) electrons. The van der Waals surface area contributed by atoms with Crippen LogP contribution in [0.3, 0.4) is 0 Å². The largest absolute Gasteiger partial charge is 0.416 e. The Morgan fingerprint density at radius 3 is 2.05 bits per heavy atom. The molecule has 0 atom stereocenters. The standard InChI is InChI=1S/C31H32F7N3O2/c1-2-39(29(43)22-15-23(30(33,34)35)17-24(16-22)31(36,37)38)20-28(42)41(26-7-4-3-5-8-26)19-27-9-6-14-40(27)18-21-10-12-25(32)13-11-21/h6,9-17,26H,2-5,7-8,18-20H2,1H3. The van der Waals surface area contributed by atoms with E-state index in [0.29, 0.717) is 18.7 Å². The van der Waals surface area contributed by atoms with Gasteiger partial charge in [0.2, 0.25) is 5.91 Å². The van der Waals surface area contributed by atoms with Gasteiger partial charge < -0.3 is 14.4 Å². The zero-order chi connectivity index (χ0) is 31.4. The first-order valence-corrected chi connectivity index (χ1v) is 14.0. The van der Waals surface area contributed by atoms with E-state index in [9.17, 15) is 40.3 Å². The summed E-state index contributed by atoms with van der Waals surface area (Å²) in [6.45, 7) is 1.49. The zero-order valence-electron chi connectivity index (χ0n) is 23.5. The molecule has 1 fully saturated rings. The fourth-order valence-corrected chi connectivity index (χ4v) is 5.36. The van der Waals surface area contributed by atoms with Gasteiger partial charge in [-0.1, -0.05) is 31.4 Å². The van der Waals surface area contributed by atoms with Gasteiger partial charge in [-0.3, -0.25) is 9.59 Å². The Kier molecular flexibility index (Phi) is 9.86. The van der Waals surface area contributed by atoms with Crippen LogP contribution in [0.15, 0.2) is 60.8 Å². The Bertz CT molecular complexity index is 1380. The maximum absolute atomic E-state index is 13.8. The maximum atomic E-state index is 13.8. The van der Waals surface area contributed by atoms with Crippen LogP contribution in [0.5, 0.6) is 0 Å². The summed E-state index contributed by atoms with van der Waals surface area (Å²) in [4.78, 5) is 29.6. The molecule has 0 unspecified atom stereocenters. The third kappa shape index (κ3) is 8.17. The maximum Gasteiger partial charge on any atom is 0.416 e. The minimum Gasteiger partial charge on any atom is -0.345 e. The lowest BCUT2D eigenvalue weighted by Gasteiger charge is -2.36. The van der Waals surface area contributed by atoms with Crippen LogP contribution >= 0.6 is 0 Å². The van der Waals surface area contributed by atoms with E-state index in [-0.39, 0.29) is 31.0 Å². The predicted octanol–water partition coefficient (Wildman–Crippen LogP) is 7.54. The minimum absolute atomic E-state index is 0.0376. The summed E-state index contributed by atoms with van der Waals surface area (Å²) in [7, 11) is 0. The first kappa shape index (κ1) is 32.1. The third-order valence-corrected chi connectivity index (χ3v) is 7.69. The van der Waals surface area contributed by atoms with Crippen LogP contribution in [0.1, 0.15) is 71.8 Å². The lowest BCUT2D eigenvalue weighted by molar-refractivity contribution is -0.143. The van der Waals surface area contributed by atoms with Crippen molar-refractivity contribution in [2.45, 2.75) is 70.5 Å². The number of amides is 2. The van der Waals surface area contributed by atoms with Gasteiger partial charge in [-0.05, 0) is 67.8 Å². The first-order valence-electron chi connectivity index (χ1n) is 14.0. The lowest BCUT2D eigenvalue weighted by atomic mass is 9.94. The molecule has 1 aliphatic carbocycles. The number of rotatable bonds is 9. The molecule has 43 heavy (non-hydrogen) atoms. The fraction of sp³-hybridized carbons (Fsp3) is 0.419. The molecule has 0 spiro atoms. The number of aromatic nitrogens is 1. The second-order valence-electron chi connectivity index (χ2n) is 10.7. The van der Waals surface area contributed by atoms with Crippen molar-refractivity contribution in [2.75, 3.05) is 13.1 Å². The van der Waals surface area contributed by atoms with Crippen LogP contribution in [0.2, 0.25) is 0 Å². The summed E-state index contributed by atoms with van der Waals surface area (Å²) in [6, 6.07) is 10.3. The number of halogens is 7. The smallest absolute Gasteiger partial charge is 0.345 e. The Hall–Kier alpha value is -3.83. The van der Waals surface area contributed by atoms with Crippen LogP contribution in [0.4, 0.5) is 30.7 Å². The van der Waals surface area contributed by atoms with Crippen molar-refractivity contribution in [3.05, 3.63) is 94.6 Å². The molecule has 1 saturated carbocycles. The summed E-state index contributed by atoms with van der Waals surface area (Å²) in [5.74, 6) is -1.92. The topological polar surface area (TPSA) is 45.6 Å². The molecule has 1 aromatic heterocycles. The molecular weight excluding hydrogens is 579 g/mol. The van der Waals surface area contributed by atoms with Gasteiger partial charge >= 0.3 is 12.4 Å². The van der Waals surface area contributed by atoms with E-state index in [1.54, 1.807) is 17.0 Å². The molecule has 5 nitrogen and oxygen atoms in total. The quantitative estimate of drug-likeness (QED) is 0.235. The van der Waals surface area contributed by atoms with Gasteiger partial charge in [0.25, 0.3) is 5.91 Å². The van der Waals surface area contributed by atoms with Crippen molar-refractivity contribution < 1.29 is 40.3 Å². The van der Waals surface area contributed by atoms with Gasteiger partial charge in [-0.2, -0.15) is 26.3 Å². The van der Waals surface area contributed by atoms with Crippen molar-refractivity contribution in [1.29, 1.82) is 0 Å². The Morgan fingerprint density at radius 1 is 0.884 bits per heavy atom. The second-order valence-corrected chi connectivity index (χ2v) is 10.7. The number of carbonyl (C=O) groups is 2. The van der Waals surface area contributed by atoms with Crippen molar-refractivity contribution in [3.8, 4) is 0 Å². The van der Waals surface area contributed by atoms with Gasteiger partial charge in [0.1, 0.15) is 12.4 Å². The summed E-state index contributed by atoms with van der Waals surface area (Å²) >= 11 is 0. The fourth-order valence-electron chi connectivity index (χ4n) is 5.36. The van der Waals surface area contributed by atoms with Gasteiger partial charge in [0, 0.05) is 36.6 Å². The highest BCUT2D eigenvalue weighted by molar-refractivity contribution is 5.97. The Balaban J connectivity index is 1.58. The molecule has 4 rings (SSSR count). The number of alkyl halides is 6. The number of hydrogen-bond donors (Lipinski definition) is 0. The highest BCUT2D eigenvalue weighted by Crippen LogP contribution is 2.36. The second kappa shape index (κ2) is 13.2. The molecule has 1 aliphatic rings. The van der Waals surface area contributed by atoms with E-state index in [2.05, 4.69) is 0 Å². The minimum atomic E-state index is -5.11. The SMILES string of the molecule is CCN(CC(=O)N(Cc1cccn1Cc1ccc(F)cc1)C1CCCCC1)C(=O)c1cc(C(F)(F)F)cc(C(F)(F)F)c1. The molecule has 2 aromatic carbocycles. The Labute approximate surface area is 244 Å². The molecule has 3 aromatic rings. The van der Waals surface area contributed by atoms with E-state index in [4.69, 9.17) is 0 Å². The summed E-state index contributed by atoms with van der Waals surface area (Å²) in [5.41, 5.74) is -2.37. The highest BCUT2D eigenvalue weighted by atomic mass is 19.4. The van der Waals surface area contributed by atoms with Crippen molar-refractivity contribution in [2.24, 2.45) is 0 Å². The molecule has 0 bridgehead atoms. The van der Waals surface area contributed by atoms with E-state index < -0.39 is 47.4 Å². The van der Waals surface area contributed by atoms with Crippen LogP contribution < -0.4 is 0 Å². The number of nitrogens with zero attached hydrogens (tertiary/aromatic N) is 3. The molecule has 0 N–H and O–H groups in total. The zero-order valence-corrected chi connectivity index (χ0v) is 23.5. The number of hydrogen-bond acceptors (Lipinski definition) is 2. The third-order valence-electron chi connectivity index (χ3n) is 7.69. The van der Waals surface area contributed by atoms with Crippen LogP contribution in [-0.4, -0.2) is 45.3 Å². The van der Waals surface area contributed by atoms with E-state index in [0.717, 1.165) is 48.3 Å². The first-order chi connectivity index (χ1) is 20.3. The summed E-state index contributed by atoms with van der Waals surface area (Å²) < 4.78 is 95.7. The van der Waals surface area contributed by atoms with Crippen LogP contribution in [0.25, 0.3) is 0 Å². The molecule has 232 valence electrons. The van der Waals surface area contributed by atoms with E-state index in [1.165, 1.54) is 19.1 Å². The molecule has 2 amide bonds. The molecular formula is C31H32F7N3O2. The number of likely N-dealkylation sites (N-methyl/N-ethyl adjacent to an activating group) is 1. The van der Waals surface area contributed by atoms with Gasteiger partial charge in [0.05, 0.1) is 17.7 Å². The van der Waals surface area contributed by atoms with Crippen LogP contribution in [-0.2, 0) is 30.2 Å². The van der Waals surface area contributed by atoms with Gasteiger partial charge in [0.15, 0.2) is 0 Å². The van der Waals surface area contributed by atoms with Crippen LogP contribution in [0, 0.1) is 5.82 Å². The van der Waals surface area contributed by atoms with Gasteiger partial charge in [-0.15, -0.1) is 0 Å². The van der Waals surface area contributed by atoms with E-state index >= 15 is 0 Å². The number of carbonyl (C=O) groups excluding carboxylic acids is 2. The predicted molar refractivity (Wildman–Crippen MR) is 145 cm³/mol. The molecule has 0 saturated heterocycles. The molecule has 1 heterocycles. The Morgan fingerprint density at radius 2 is 1.49 bits per heavy atom. The monoisotopic (exact) mass is 611 g/mol. The average molecular weight is 612 g/mol. The van der Waals surface area contributed by atoms with Crippen molar-refractivity contribution in [1.82, 2.24) is 14.4 Å². The van der Waals surface area contributed by atoms with Crippen molar-refractivity contribution in [3.63, 3.8) is 0 Å². The summed E-state index contributed by atoms with van der Waals surface area (Å²) in [5, 5.41) is 0. The normalized spacial score (nSPS) is 14.5.